The van der Waals surface area contributed by atoms with Gasteiger partial charge in [0.1, 0.15) is 11.6 Å². The molecule has 0 aliphatic carbocycles. The molecule has 0 unspecified atom stereocenters. The average molecular weight is 200 g/mol. The van der Waals surface area contributed by atoms with E-state index >= 15 is 0 Å². The van der Waals surface area contributed by atoms with Gasteiger partial charge in [0.2, 0.25) is 0 Å². The molecule has 0 saturated carbocycles. The van der Waals surface area contributed by atoms with Crippen LogP contribution in [0.2, 0.25) is 0 Å². The lowest BCUT2D eigenvalue weighted by Crippen LogP contribution is -2.12. The Morgan fingerprint density at radius 3 is 2.60 bits per heavy atom. The van der Waals surface area contributed by atoms with Crippen molar-refractivity contribution in [3.05, 3.63) is 40.5 Å². The summed E-state index contributed by atoms with van der Waals surface area (Å²) in [6.07, 6.45) is 1.51. The molecule has 3 heteroatoms. The third kappa shape index (κ3) is 2.68. The fourth-order valence-electron chi connectivity index (χ4n) is 1.30. The highest BCUT2D eigenvalue weighted by atomic mass is 16.1. The Bertz CT molecular complexity index is 467. The Labute approximate surface area is 88.8 Å². The highest BCUT2D eigenvalue weighted by Crippen LogP contribution is 2.13. The van der Waals surface area contributed by atoms with Gasteiger partial charge in [0.15, 0.2) is 0 Å². The molecule has 15 heavy (non-hydrogen) atoms. The number of amides is 1. The van der Waals surface area contributed by atoms with Crippen LogP contribution in [0.25, 0.3) is 6.08 Å². The Morgan fingerprint density at radius 1 is 1.47 bits per heavy atom. The van der Waals surface area contributed by atoms with Gasteiger partial charge in [-0.3, -0.25) is 4.79 Å². The van der Waals surface area contributed by atoms with Crippen molar-refractivity contribution in [1.82, 2.24) is 0 Å². The average Bonchev–Trinajstić information content (AvgIpc) is 2.16. The first-order valence-electron chi connectivity index (χ1n) is 4.53. The zero-order valence-electron chi connectivity index (χ0n) is 8.74. The fraction of sp³-hybridized carbons (Fsp3) is 0.167. The van der Waals surface area contributed by atoms with Crippen LogP contribution < -0.4 is 5.73 Å². The molecule has 1 aromatic carbocycles. The summed E-state index contributed by atoms with van der Waals surface area (Å²) in [7, 11) is 0. The smallest absolute Gasteiger partial charge is 0.259 e. The first kappa shape index (κ1) is 11.0. The molecule has 1 amide bonds. The van der Waals surface area contributed by atoms with Crippen LogP contribution in [0, 0.1) is 25.2 Å². The zero-order valence-corrected chi connectivity index (χ0v) is 8.74. The molecule has 0 spiro atoms. The van der Waals surface area contributed by atoms with Gasteiger partial charge in [0.05, 0.1) is 0 Å². The molecule has 0 radical (unpaired) electrons. The molecule has 0 bridgehead atoms. The molecular weight excluding hydrogens is 188 g/mol. The third-order valence-electron chi connectivity index (χ3n) is 2.11. The maximum absolute atomic E-state index is 10.8. The minimum atomic E-state index is -0.697. The molecule has 0 saturated heterocycles. The first-order valence-corrected chi connectivity index (χ1v) is 4.53. The third-order valence-corrected chi connectivity index (χ3v) is 2.11. The Kier molecular flexibility index (Phi) is 3.25. The second-order valence-electron chi connectivity index (χ2n) is 3.39. The summed E-state index contributed by atoms with van der Waals surface area (Å²) in [6, 6.07) is 7.56. The lowest BCUT2D eigenvalue weighted by molar-refractivity contribution is -0.114. The van der Waals surface area contributed by atoms with Crippen LogP contribution in [0.3, 0.4) is 0 Å². The molecule has 0 aliphatic heterocycles. The highest BCUT2D eigenvalue weighted by Gasteiger charge is 2.04. The van der Waals surface area contributed by atoms with Crippen LogP contribution >= 0.6 is 0 Å². The Balaban J connectivity index is 3.19. The van der Waals surface area contributed by atoms with Crippen molar-refractivity contribution < 1.29 is 4.79 Å². The number of hydrogen-bond donors (Lipinski definition) is 1. The van der Waals surface area contributed by atoms with Gasteiger partial charge in [0, 0.05) is 0 Å². The quantitative estimate of drug-likeness (QED) is 0.583. The van der Waals surface area contributed by atoms with Crippen molar-refractivity contribution in [2.45, 2.75) is 13.8 Å². The summed E-state index contributed by atoms with van der Waals surface area (Å²) in [6.45, 7) is 3.91. The van der Waals surface area contributed by atoms with Crippen molar-refractivity contribution in [1.29, 1.82) is 5.26 Å². The Morgan fingerprint density at radius 2 is 2.13 bits per heavy atom. The topological polar surface area (TPSA) is 66.9 Å². The van der Waals surface area contributed by atoms with Crippen LogP contribution in [0.4, 0.5) is 0 Å². The van der Waals surface area contributed by atoms with E-state index in [4.69, 9.17) is 11.0 Å². The van der Waals surface area contributed by atoms with Gasteiger partial charge in [-0.1, -0.05) is 23.8 Å². The summed E-state index contributed by atoms with van der Waals surface area (Å²) < 4.78 is 0. The van der Waals surface area contributed by atoms with Crippen LogP contribution in [0.5, 0.6) is 0 Å². The molecule has 2 N–H and O–H groups in total. The van der Waals surface area contributed by atoms with Gasteiger partial charge in [-0.15, -0.1) is 0 Å². The SMILES string of the molecule is Cc1ccc(C=C(C#N)C(N)=O)c(C)c1. The monoisotopic (exact) mass is 200 g/mol. The number of hydrogen-bond acceptors (Lipinski definition) is 2. The number of nitrogens with zero attached hydrogens (tertiary/aromatic N) is 1. The van der Waals surface area contributed by atoms with Gasteiger partial charge >= 0.3 is 0 Å². The van der Waals surface area contributed by atoms with Crippen LogP contribution in [0.1, 0.15) is 16.7 Å². The van der Waals surface area contributed by atoms with Crippen molar-refractivity contribution in [2.75, 3.05) is 0 Å². The van der Waals surface area contributed by atoms with E-state index in [1.54, 1.807) is 6.07 Å². The lowest BCUT2D eigenvalue weighted by atomic mass is 10.0. The van der Waals surface area contributed by atoms with Gasteiger partial charge in [-0.25, -0.2) is 0 Å². The van der Waals surface area contributed by atoms with E-state index in [0.29, 0.717) is 0 Å². The van der Waals surface area contributed by atoms with E-state index in [0.717, 1.165) is 16.7 Å². The molecule has 3 nitrogen and oxygen atoms in total. The molecule has 0 fully saturated rings. The van der Waals surface area contributed by atoms with Crippen LogP contribution in [-0.4, -0.2) is 5.91 Å². The van der Waals surface area contributed by atoms with Crippen molar-refractivity contribution in [3.8, 4) is 6.07 Å². The first-order chi connectivity index (χ1) is 7.04. The summed E-state index contributed by atoms with van der Waals surface area (Å²) in [5.74, 6) is -0.697. The number of rotatable bonds is 2. The summed E-state index contributed by atoms with van der Waals surface area (Å²) in [5, 5.41) is 8.68. The van der Waals surface area contributed by atoms with E-state index in [1.807, 2.05) is 32.0 Å². The molecule has 1 rings (SSSR count). The number of nitrogens with two attached hydrogens (primary N) is 1. The molecule has 0 atom stereocenters. The zero-order chi connectivity index (χ0) is 11.4. The number of nitriles is 1. The van der Waals surface area contributed by atoms with Gasteiger partial charge in [-0.05, 0) is 31.1 Å². The predicted molar refractivity (Wildman–Crippen MR) is 58.7 cm³/mol. The molecule has 1 aromatic rings. The fourth-order valence-corrected chi connectivity index (χ4v) is 1.30. The number of primary amides is 1. The van der Waals surface area contributed by atoms with E-state index in [1.165, 1.54) is 6.08 Å². The molecular formula is C12H12N2O. The van der Waals surface area contributed by atoms with E-state index in [2.05, 4.69) is 0 Å². The summed E-state index contributed by atoms with van der Waals surface area (Å²) in [4.78, 5) is 10.8. The molecule has 0 heterocycles. The Hall–Kier alpha value is -2.08. The van der Waals surface area contributed by atoms with Gasteiger partial charge in [0.25, 0.3) is 5.91 Å². The van der Waals surface area contributed by atoms with E-state index in [-0.39, 0.29) is 5.57 Å². The minimum absolute atomic E-state index is 0.0260. The number of carbonyl (C=O) groups excluding carboxylic acids is 1. The second kappa shape index (κ2) is 4.43. The van der Waals surface area contributed by atoms with Crippen LogP contribution in [0.15, 0.2) is 23.8 Å². The summed E-state index contributed by atoms with van der Waals surface area (Å²) in [5.41, 5.74) is 8.02. The van der Waals surface area contributed by atoms with Crippen molar-refractivity contribution in [2.24, 2.45) is 5.73 Å². The normalized spacial score (nSPS) is 10.9. The van der Waals surface area contributed by atoms with Crippen LogP contribution in [-0.2, 0) is 4.79 Å². The lowest BCUT2D eigenvalue weighted by Gasteiger charge is -2.01. The molecule has 0 aliphatic rings. The largest absolute Gasteiger partial charge is 0.365 e. The number of carbonyl (C=O) groups is 1. The van der Waals surface area contributed by atoms with Crippen molar-refractivity contribution >= 4 is 12.0 Å². The van der Waals surface area contributed by atoms with E-state index in [9.17, 15) is 4.79 Å². The van der Waals surface area contributed by atoms with Gasteiger partial charge in [-0.2, -0.15) is 5.26 Å². The van der Waals surface area contributed by atoms with Crippen molar-refractivity contribution in [3.63, 3.8) is 0 Å². The standard InChI is InChI=1S/C12H12N2O/c1-8-3-4-10(9(2)5-8)6-11(7-13)12(14)15/h3-6H,1-2H3,(H2,14,15). The maximum atomic E-state index is 10.8. The summed E-state index contributed by atoms with van der Waals surface area (Å²) >= 11 is 0. The number of aryl methyl sites for hydroxylation is 2. The van der Waals surface area contributed by atoms with Gasteiger partial charge < -0.3 is 5.73 Å². The predicted octanol–water partition coefficient (Wildman–Crippen LogP) is 1.70. The second-order valence-corrected chi connectivity index (χ2v) is 3.39. The minimum Gasteiger partial charge on any atom is -0.365 e. The number of benzene rings is 1. The maximum Gasteiger partial charge on any atom is 0.259 e. The highest BCUT2D eigenvalue weighted by molar-refractivity contribution is 6.00. The molecule has 0 aromatic heterocycles. The molecule has 76 valence electrons. The van der Waals surface area contributed by atoms with E-state index < -0.39 is 5.91 Å².